The summed E-state index contributed by atoms with van der Waals surface area (Å²) >= 11 is 0. The van der Waals surface area contributed by atoms with Crippen LogP contribution in [0.15, 0.2) is 0 Å². The fourth-order valence-electron chi connectivity index (χ4n) is 4.50. The third-order valence-corrected chi connectivity index (χ3v) is 5.39. The van der Waals surface area contributed by atoms with Gasteiger partial charge in [0, 0.05) is 12.1 Å². The Hall–Kier alpha value is -0.0800. The molecule has 0 radical (unpaired) electrons. The maximum Gasteiger partial charge on any atom is 0.0693 e. The molecule has 3 aliphatic rings. The Morgan fingerprint density at radius 1 is 1.12 bits per heavy atom. The Bertz CT molecular complexity index is 255. The zero-order valence-electron chi connectivity index (χ0n) is 10.4. The molecule has 0 aromatic heterocycles. The van der Waals surface area contributed by atoms with Crippen molar-refractivity contribution in [1.29, 1.82) is 0 Å². The van der Waals surface area contributed by atoms with Gasteiger partial charge in [0.2, 0.25) is 0 Å². The molecule has 3 saturated carbocycles. The molecule has 0 amide bonds. The topological polar surface area (TPSA) is 32.3 Å². The molecule has 0 spiro atoms. The second-order valence-corrected chi connectivity index (χ2v) is 6.40. The number of hydrogen-bond acceptors (Lipinski definition) is 2. The van der Waals surface area contributed by atoms with Gasteiger partial charge in [-0.15, -0.1) is 0 Å². The van der Waals surface area contributed by atoms with Crippen molar-refractivity contribution in [3.05, 3.63) is 0 Å². The van der Waals surface area contributed by atoms with Gasteiger partial charge in [-0.2, -0.15) is 0 Å². The van der Waals surface area contributed by atoms with Crippen LogP contribution in [0.4, 0.5) is 0 Å². The highest BCUT2D eigenvalue weighted by molar-refractivity contribution is 4.96. The van der Waals surface area contributed by atoms with Crippen molar-refractivity contribution in [2.24, 2.45) is 17.8 Å². The molecular formula is C14H25NO. The standard InChI is InChI=1S/C14H25NO/c1-9(15-13-3-2-4-14(13)16)12-8-10-5-6-11(12)7-10/h9-16H,2-8H2,1H3. The molecule has 6 atom stereocenters. The molecule has 0 saturated heterocycles. The molecule has 2 heteroatoms. The molecule has 0 aromatic carbocycles. The van der Waals surface area contributed by atoms with E-state index >= 15 is 0 Å². The molecule has 0 aliphatic heterocycles. The van der Waals surface area contributed by atoms with Crippen molar-refractivity contribution >= 4 is 0 Å². The fourth-order valence-corrected chi connectivity index (χ4v) is 4.50. The molecule has 2 N–H and O–H groups in total. The van der Waals surface area contributed by atoms with Gasteiger partial charge < -0.3 is 10.4 Å². The van der Waals surface area contributed by atoms with Crippen molar-refractivity contribution in [2.75, 3.05) is 0 Å². The van der Waals surface area contributed by atoms with Crippen LogP contribution in [-0.2, 0) is 0 Å². The van der Waals surface area contributed by atoms with E-state index in [9.17, 15) is 5.11 Å². The maximum atomic E-state index is 9.85. The van der Waals surface area contributed by atoms with Gasteiger partial charge in [-0.25, -0.2) is 0 Å². The van der Waals surface area contributed by atoms with E-state index in [1.165, 1.54) is 38.5 Å². The van der Waals surface area contributed by atoms with Gasteiger partial charge in [0.1, 0.15) is 0 Å². The summed E-state index contributed by atoms with van der Waals surface area (Å²) in [7, 11) is 0. The number of nitrogens with one attached hydrogen (secondary N) is 1. The van der Waals surface area contributed by atoms with E-state index in [0.29, 0.717) is 12.1 Å². The third-order valence-electron chi connectivity index (χ3n) is 5.39. The van der Waals surface area contributed by atoms with Crippen LogP contribution in [-0.4, -0.2) is 23.3 Å². The van der Waals surface area contributed by atoms with E-state index in [1.807, 2.05) is 0 Å². The van der Waals surface area contributed by atoms with Crippen LogP contribution < -0.4 is 5.32 Å². The molecule has 3 fully saturated rings. The van der Waals surface area contributed by atoms with Crippen LogP contribution in [0.5, 0.6) is 0 Å². The zero-order valence-corrected chi connectivity index (χ0v) is 10.4. The van der Waals surface area contributed by atoms with Crippen molar-refractivity contribution < 1.29 is 5.11 Å². The summed E-state index contributed by atoms with van der Waals surface area (Å²) in [4.78, 5) is 0. The third kappa shape index (κ3) is 1.91. The quantitative estimate of drug-likeness (QED) is 0.769. The Morgan fingerprint density at radius 3 is 2.56 bits per heavy atom. The number of rotatable bonds is 3. The van der Waals surface area contributed by atoms with Crippen LogP contribution in [0.3, 0.4) is 0 Å². The molecule has 0 aromatic rings. The number of hydrogen-bond donors (Lipinski definition) is 2. The number of aliphatic hydroxyl groups excluding tert-OH is 1. The minimum atomic E-state index is -0.0824. The van der Waals surface area contributed by atoms with Gasteiger partial charge in [-0.05, 0) is 63.2 Å². The molecule has 0 heterocycles. The van der Waals surface area contributed by atoms with Gasteiger partial charge in [0.25, 0.3) is 0 Å². The van der Waals surface area contributed by atoms with E-state index in [1.54, 1.807) is 0 Å². The first-order valence-corrected chi connectivity index (χ1v) is 7.18. The summed E-state index contributed by atoms with van der Waals surface area (Å²) in [6.45, 7) is 2.34. The molecule has 2 nitrogen and oxygen atoms in total. The summed E-state index contributed by atoms with van der Waals surface area (Å²) in [5.74, 6) is 2.92. The first-order chi connectivity index (χ1) is 7.74. The molecule has 3 aliphatic carbocycles. The van der Waals surface area contributed by atoms with Gasteiger partial charge in [0.05, 0.1) is 6.10 Å². The summed E-state index contributed by atoms with van der Waals surface area (Å²) in [6.07, 6.45) is 9.18. The van der Waals surface area contributed by atoms with Gasteiger partial charge in [-0.3, -0.25) is 0 Å². The highest BCUT2D eigenvalue weighted by atomic mass is 16.3. The largest absolute Gasteiger partial charge is 0.392 e. The van der Waals surface area contributed by atoms with Gasteiger partial charge in [-0.1, -0.05) is 6.42 Å². The summed E-state index contributed by atoms with van der Waals surface area (Å²) < 4.78 is 0. The Labute approximate surface area is 98.8 Å². The number of fused-ring (bicyclic) bond motifs is 2. The Kier molecular flexibility index (Phi) is 2.97. The van der Waals surface area contributed by atoms with Gasteiger partial charge >= 0.3 is 0 Å². The average Bonchev–Trinajstić information content (AvgIpc) is 2.95. The van der Waals surface area contributed by atoms with Crippen molar-refractivity contribution in [1.82, 2.24) is 5.32 Å². The summed E-state index contributed by atoms with van der Waals surface area (Å²) in [5, 5.41) is 13.6. The lowest BCUT2D eigenvalue weighted by molar-refractivity contribution is 0.131. The molecule has 16 heavy (non-hydrogen) atoms. The second kappa shape index (κ2) is 4.30. The molecule has 3 rings (SSSR count). The van der Waals surface area contributed by atoms with Crippen LogP contribution in [0.25, 0.3) is 0 Å². The SMILES string of the molecule is CC(NC1CCCC1O)C1CC2CCC1C2. The van der Waals surface area contributed by atoms with Crippen molar-refractivity contribution in [3.63, 3.8) is 0 Å². The minimum absolute atomic E-state index is 0.0824. The van der Waals surface area contributed by atoms with Crippen LogP contribution in [0, 0.1) is 17.8 Å². The molecule has 2 bridgehead atoms. The fraction of sp³-hybridized carbons (Fsp3) is 1.00. The van der Waals surface area contributed by atoms with Crippen LogP contribution in [0.2, 0.25) is 0 Å². The lowest BCUT2D eigenvalue weighted by atomic mass is 9.83. The first kappa shape index (κ1) is 11.0. The van der Waals surface area contributed by atoms with E-state index in [-0.39, 0.29) is 6.10 Å². The van der Waals surface area contributed by atoms with E-state index in [4.69, 9.17) is 0 Å². The lowest BCUT2D eigenvalue weighted by Crippen LogP contribution is -2.45. The smallest absolute Gasteiger partial charge is 0.0693 e. The predicted octanol–water partition coefficient (Wildman–Crippen LogP) is 2.31. The van der Waals surface area contributed by atoms with E-state index < -0.39 is 0 Å². The highest BCUT2D eigenvalue weighted by Crippen LogP contribution is 2.49. The predicted molar refractivity (Wildman–Crippen MR) is 65.2 cm³/mol. The first-order valence-electron chi connectivity index (χ1n) is 7.18. The van der Waals surface area contributed by atoms with Crippen molar-refractivity contribution in [3.8, 4) is 0 Å². The summed E-state index contributed by atoms with van der Waals surface area (Å²) in [5.41, 5.74) is 0. The zero-order chi connectivity index (χ0) is 11.1. The molecule has 92 valence electrons. The van der Waals surface area contributed by atoms with E-state index in [0.717, 1.165) is 24.2 Å². The monoisotopic (exact) mass is 223 g/mol. The lowest BCUT2D eigenvalue weighted by Gasteiger charge is -2.31. The summed E-state index contributed by atoms with van der Waals surface area (Å²) in [6, 6.07) is 1.00. The maximum absolute atomic E-state index is 9.85. The second-order valence-electron chi connectivity index (χ2n) is 6.40. The number of aliphatic hydroxyl groups is 1. The Balaban J connectivity index is 1.55. The van der Waals surface area contributed by atoms with Crippen LogP contribution >= 0.6 is 0 Å². The average molecular weight is 223 g/mol. The minimum Gasteiger partial charge on any atom is -0.392 e. The highest BCUT2D eigenvalue weighted by Gasteiger charge is 2.42. The normalized spacial score (nSPS) is 48.8. The van der Waals surface area contributed by atoms with E-state index in [2.05, 4.69) is 12.2 Å². The van der Waals surface area contributed by atoms with Crippen LogP contribution in [0.1, 0.15) is 51.9 Å². The molecule has 6 unspecified atom stereocenters. The molecular weight excluding hydrogens is 198 g/mol. The van der Waals surface area contributed by atoms with Crippen molar-refractivity contribution in [2.45, 2.75) is 70.1 Å². The Morgan fingerprint density at radius 2 is 2.00 bits per heavy atom. The van der Waals surface area contributed by atoms with Gasteiger partial charge in [0.15, 0.2) is 0 Å².